The zero-order valence-corrected chi connectivity index (χ0v) is 15.5. The fourth-order valence-corrected chi connectivity index (χ4v) is 4.09. The molecule has 1 aromatic rings. The van der Waals surface area contributed by atoms with E-state index in [0.29, 0.717) is 25.7 Å². The lowest BCUT2D eigenvalue weighted by Crippen LogP contribution is -2.54. The van der Waals surface area contributed by atoms with E-state index in [9.17, 15) is 23.1 Å². The third-order valence-corrected chi connectivity index (χ3v) is 6.50. The van der Waals surface area contributed by atoms with E-state index in [1.54, 1.807) is 0 Å². The Morgan fingerprint density at radius 1 is 1.20 bits per heavy atom. The number of nitrogens with one attached hydrogen (secondary N) is 1. The first kappa shape index (κ1) is 19.5. The van der Waals surface area contributed by atoms with Gasteiger partial charge in [-0.3, -0.25) is 4.79 Å². The molecular formula is C16H24N2O6S. The SMILES string of the molecule is Cc1oc(C(=O)NC2(C(=O)O)CCCCCC2)cc1S(=O)(=O)N(C)C. The Kier molecular flexibility index (Phi) is 5.58. The smallest absolute Gasteiger partial charge is 0.329 e. The molecule has 0 bridgehead atoms. The Hall–Kier alpha value is -1.87. The lowest BCUT2D eigenvalue weighted by atomic mass is 9.90. The molecule has 1 heterocycles. The first-order valence-corrected chi connectivity index (χ1v) is 9.63. The van der Waals surface area contributed by atoms with Gasteiger partial charge in [-0.25, -0.2) is 17.5 Å². The summed E-state index contributed by atoms with van der Waals surface area (Å²) in [4.78, 5) is 24.2. The van der Waals surface area contributed by atoms with E-state index in [2.05, 4.69) is 5.32 Å². The van der Waals surface area contributed by atoms with Gasteiger partial charge in [0.2, 0.25) is 10.0 Å². The summed E-state index contributed by atoms with van der Waals surface area (Å²) in [6.07, 6.45) is 3.97. The van der Waals surface area contributed by atoms with Gasteiger partial charge in [0, 0.05) is 20.2 Å². The van der Waals surface area contributed by atoms with Gasteiger partial charge in [-0.2, -0.15) is 0 Å². The van der Waals surface area contributed by atoms with E-state index in [0.717, 1.165) is 23.2 Å². The molecule has 0 unspecified atom stereocenters. The van der Waals surface area contributed by atoms with Crippen molar-refractivity contribution in [1.82, 2.24) is 9.62 Å². The molecule has 140 valence electrons. The summed E-state index contributed by atoms with van der Waals surface area (Å²) in [6, 6.07) is 1.15. The molecule has 1 aliphatic rings. The van der Waals surface area contributed by atoms with Crippen LogP contribution in [0.15, 0.2) is 15.4 Å². The number of aliphatic carboxylic acids is 1. The number of carboxylic acids is 1. The van der Waals surface area contributed by atoms with Gasteiger partial charge < -0.3 is 14.8 Å². The number of rotatable bonds is 5. The van der Waals surface area contributed by atoms with Crippen molar-refractivity contribution >= 4 is 21.9 Å². The molecule has 2 rings (SSSR count). The summed E-state index contributed by atoms with van der Waals surface area (Å²) in [5, 5.41) is 12.2. The van der Waals surface area contributed by atoms with Crippen LogP contribution in [0.5, 0.6) is 0 Å². The number of carbonyl (C=O) groups excluding carboxylic acids is 1. The second-order valence-corrected chi connectivity index (χ2v) is 8.69. The molecular weight excluding hydrogens is 348 g/mol. The number of carboxylic acid groups (broad SMARTS) is 1. The van der Waals surface area contributed by atoms with Gasteiger partial charge >= 0.3 is 5.97 Å². The van der Waals surface area contributed by atoms with Crippen molar-refractivity contribution in [3.05, 3.63) is 17.6 Å². The topological polar surface area (TPSA) is 117 Å². The third-order valence-electron chi connectivity index (χ3n) is 4.57. The molecule has 9 heteroatoms. The number of carbonyl (C=O) groups is 2. The van der Waals surface area contributed by atoms with Crippen LogP contribution in [0.2, 0.25) is 0 Å². The highest BCUT2D eigenvalue weighted by atomic mass is 32.2. The Morgan fingerprint density at radius 3 is 2.24 bits per heavy atom. The molecule has 0 spiro atoms. The maximum atomic E-state index is 12.5. The molecule has 0 radical (unpaired) electrons. The number of hydrogen-bond donors (Lipinski definition) is 2. The van der Waals surface area contributed by atoms with Crippen LogP contribution in [0.1, 0.15) is 54.8 Å². The molecule has 1 aliphatic carbocycles. The third kappa shape index (κ3) is 3.87. The zero-order chi connectivity index (χ0) is 18.8. The van der Waals surface area contributed by atoms with Crippen LogP contribution in [0, 0.1) is 6.92 Å². The second-order valence-electron chi connectivity index (χ2n) is 6.57. The first-order chi connectivity index (χ1) is 11.6. The minimum atomic E-state index is -3.75. The molecule has 1 fully saturated rings. The van der Waals surface area contributed by atoms with Gasteiger partial charge in [-0.15, -0.1) is 0 Å². The highest BCUT2D eigenvalue weighted by Gasteiger charge is 2.41. The van der Waals surface area contributed by atoms with E-state index in [1.807, 2.05) is 0 Å². The van der Waals surface area contributed by atoms with Gasteiger partial charge in [-0.1, -0.05) is 25.7 Å². The van der Waals surface area contributed by atoms with Crippen molar-refractivity contribution in [2.75, 3.05) is 14.1 Å². The molecule has 1 amide bonds. The summed E-state index contributed by atoms with van der Waals surface area (Å²) in [6.45, 7) is 1.45. The van der Waals surface area contributed by atoms with Crippen LogP contribution < -0.4 is 5.32 Å². The van der Waals surface area contributed by atoms with Gasteiger partial charge in [-0.05, 0) is 19.8 Å². The van der Waals surface area contributed by atoms with Gasteiger partial charge in [0.1, 0.15) is 16.2 Å². The Morgan fingerprint density at radius 2 is 1.76 bits per heavy atom. The summed E-state index contributed by atoms with van der Waals surface area (Å²) < 4.78 is 30.8. The molecule has 0 aromatic carbocycles. The Labute approximate surface area is 147 Å². The monoisotopic (exact) mass is 372 g/mol. The van der Waals surface area contributed by atoms with Crippen LogP contribution in [-0.2, 0) is 14.8 Å². The minimum Gasteiger partial charge on any atom is -0.480 e. The Bertz CT molecular complexity index is 758. The molecule has 1 aromatic heterocycles. The molecule has 25 heavy (non-hydrogen) atoms. The van der Waals surface area contributed by atoms with E-state index in [4.69, 9.17) is 4.42 Å². The number of sulfonamides is 1. The molecule has 1 saturated carbocycles. The van der Waals surface area contributed by atoms with E-state index in [-0.39, 0.29) is 16.4 Å². The largest absolute Gasteiger partial charge is 0.480 e. The molecule has 8 nitrogen and oxygen atoms in total. The maximum Gasteiger partial charge on any atom is 0.329 e. The fraction of sp³-hybridized carbons (Fsp3) is 0.625. The van der Waals surface area contributed by atoms with E-state index >= 15 is 0 Å². The molecule has 2 N–H and O–H groups in total. The second kappa shape index (κ2) is 7.17. The predicted octanol–water partition coefficient (Wildman–Crippen LogP) is 1.75. The van der Waals surface area contributed by atoms with Crippen molar-refractivity contribution in [3.63, 3.8) is 0 Å². The summed E-state index contributed by atoms with van der Waals surface area (Å²) in [5.74, 6) is -1.91. The van der Waals surface area contributed by atoms with Crippen LogP contribution in [-0.4, -0.2) is 49.3 Å². The summed E-state index contributed by atoms with van der Waals surface area (Å²) in [7, 11) is -0.985. The minimum absolute atomic E-state index is 0.0871. The van der Waals surface area contributed by atoms with E-state index < -0.39 is 27.4 Å². The van der Waals surface area contributed by atoms with Gasteiger partial charge in [0.15, 0.2) is 5.76 Å². The number of hydrogen-bond acceptors (Lipinski definition) is 5. The van der Waals surface area contributed by atoms with Crippen LogP contribution in [0.4, 0.5) is 0 Å². The average molecular weight is 372 g/mol. The van der Waals surface area contributed by atoms with Crippen LogP contribution in [0.25, 0.3) is 0 Å². The molecule has 0 saturated heterocycles. The number of nitrogens with zero attached hydrogens (tertiary/aromatic N) is 1. The first-order valence-electron chi connectivity index (χ1n) is 8.19. The lowest BCUT2D eigenvalue weighted by molar-refractivity contribution is -0.145. The Balaban J connectivity index is 2.30. The van der Waals surface area contributed by atoms with Crippen LogP contribution in [0.3, 0.4) is 0 Å². The lowest BCUT2D eigenvalue weighted by Gasteiger charge is -2.28. The number of amides is 1. The van der Waals surface area contributed by atoms with Crippen molar-refractivity contribution in [1.29, 1.82) is 0 Å². The van der Waals surface area contributed by atoms with Gasteiger partial charge in [0.05, 0.1) is 0 Å². The van der Waals surface area contributed by atoms with E-state index in [1.165, 1.54) is 21.0 Å². The highest BCUT2D eigenvalue weighted by Crippen LogP contribution is 2.29. The molecule has 0 atom stereocenters. The average Bonchev–Trinajstić information content (AvgIpc) is 2.77. The fourth-order valence-electron chi connectivity index (χ4n) is 3.03. The van der Waals surface area contributed by atoms with Crippen molar-refractivity contribution in [3.8, 4) is 0 Å². The molecule has 0 aliphatic heterocycles. The normalized spacial score (nSPS) is 17.9. The van der Waals surface area contributed by atoms with Crippen molar-refractivity contribution in [2.45, 2.75) is 55.9 Å². The quantitative estimate of drug-likeness (QED) is 0.761. The standard InChI is InChI=1S/C16H24N2O6S/c1-11-13(25(22,23)18(2)3)10-12(24-11)14(19)17-16(15(20)21)8-6-4-5-7-9-16/h10H,4-9H2,1-3H3,(H,17,19)(H,20,21). The maximum absolute atomic E-state index is 12.5. The number of furan rings is 1. The highest BCUT2D eigenvalue weighted by molar-refractivity contribution is 7.89. The van der Waals surface area contributed by atoms with Crippen molar-refractivity contribution < 1.29 is 27.5 Å². The van der Waals surface area contributed by atoms with Crippen LogP contribution >= 0.6 is 0 Å². The summed E-state index contributed by atoms with van der Waals surface area (Å²) in [5.41, 5.74) is -1.34. The van der Waals surface area contributed by atoms with Gasteiger partial charge in [0.25, 0.3) is 5.91 Å². The predicted molar refractivity (Wildman–Crippen MR) is 89.9 cm³/mol. The van der Waals surface area contributed by atoms with Crippen molar-refractivity contribution in [2.24, 2.45) is 0 Å². The number of aryl methyl sites for hydroxylation is 1. The zero-order valence-electron chi connectivity index (χ0n) is 14.7. The summed E-state index contributed by atoms with van der Waals surface area (Å²) >= 11 is 0.